The summed E-state index contributed by atoms with van der Waals surface area (Å²) in [5.74, 6) is 1.49. The van der Waals surface area contributed by atoms with Crippen molar-refractivity contribution in [3.05, 3.63) is 60.2 Å². The van der Waals surface area contributed by atoms with E-state index in [0.29, 0.717) is 17.9 Å². The van der Waals surface area contributed by atoms with Crippen molar-refractivity contribution in [3.8, 4) is 5.75 Å². The summed E-state index contributed by atoms with van der Waals surface area (Å²) >= 11 is 0. The van der Waals surface area contributed by atoms with Crippen molar-refractivity contribution in [2.75, 3.05) is 12.9 Å². The maximum absolute atomic E-state index is 13.0. The molecule has 2 aliphatic rings. The van der Waals surface area contributed by atoms with Crippen molar-refractivity contribution in [1.82, 2.24) is 4.90 Å². The van der Waals surface area contributed by atoms with Crippen molar-refractivity contribution in [2.24, 2.45) is 11.8 Å². The quantitative estimate of drug-likeness (QED) is 0.697. The van der Waals surface area contributed by atoms with Gasteiger partial charge in [0.2, 0.25) is 5.91 Å². The molecule has 0 radical (unpaired) electrons. The van der Waals surface area contributed by atoms with Crippen molar-refractivity contribution < 1.29 is 17.9 Å². The summed E-state index contributed by atoms with van der Waals surface area (Å²) in [5.41, 5.74) is 1.07. The minimum absolute atomic E-state index is 0.0976. The highest BCUT2D eigenvalue weighted by atomic mass is 32.2. The molecule has 6 heteroatoms. The molecule has 0 N–H and O–H groups in total. The topological polar surface area (TPSA) is 63.7 Å². The predicted octanol–water partition coefficient (Wildman–Crippen LogP) is 4.08. The van der Waals surface area contributed by atoms with Gasteiger partial charge in [-0.05, 0) is 60.9 Å². The molecule has 1 saturated heterocycles. The summed E-state index contributed by atoms with van der Waals surface area (Å²) in [6.45, 7) is 0.572. The van der Waals surface area contributed by atoms with E-state index in [1.807, 2.05) is 35.2 Å². The number of sulfone groups is 1. The summed E-state index contributed by atoms with van der Waals surface area (Å²) in [6, 6.07) is 16.7. The van der Waals surface area contributed by atoms with E-state index in [1.54, 1.807) is 31.4 Å². The van der Waals surface area contributed by atoms with Crippen LogP contribution in [0.1, 0.15) is 37.7 Å². The maximum Gasteiger partial charge on any atom is 0.223 e. The predicted molar refractivity (Wildman–Crippen MR) is 116 cm³/mol. The van der Waals surface area contributed by atoms with Gasteiger partial charge >= 0.3 is 0 Å². The molecule has 1 amide bonds. The Bertz CT molecular complexity index is 972. The first-order chi connectivity index (χ1) is 14.5. The molecule has 1 saturated carbocycles. The molecular formula is C24H29NO4S. The number of nitrogens with zero attached hydrogens (tertiary/aromatic N) is 1. The molecule has 0 bridgehead atoms. The van der Waals surface area contributed by atoms with Crippen LogP contribution < -0.4 is 4.74 Å². The van der Waals surface area contributed by atoms with E-state index >= 15 is 0 Å². The van der Waals surface area contributed by atoms with Crippen LogP contribution in [0.4, 0.5) is 0 Å². The van der Waals surface area contributed by atoms with Gasteiger partial charge in [-0.2, -0.15) is 0 Å². The van der Waals surface area contributed by atoms with Gasteiger partial charge < -0.3 is 9.64 Å². The number of hydrogen-bond acceptors (Lipinski definition) is 4. The first-order valence-corrected chi connectivity index (χ1v) is 12.3. The third-order valence-electron chi connectivity index (χ3n) is 6.63. The summed E-state index contributed by atoms with van der Waals surface area (Å²) in [6.07, 6.45) is 4.12. The number of carbonyl (C=O) groups excluding carboxylic acids is 1. The zero-order valence-corrected chi connectivity index (χ0v) is 18.2. The minimum atomic E-state index is -3.33. The zero-order valence-electron chi connectivity index (χ0n) is 17.4. The second kappa shape index (κ2) is 8.80. The number of hydrogen-bond donors (Lipinski definition) is 0. The monoisotopic (exact) mass is 427 g/mol. The zero-order chi connectivity index (χ0) is 21.1. The molecule has 1 heterocycles. The van der Waals surface area contributed by atoms with Gasteiger partial charge in [-0.25, -0.2) is 8.42 Å². The Morgan fingerprint density at radius 3 is 2.43 bits per heavy atom. The highest BCUT2D eigenvalue weighted by Crippen LogP contribution is 2.41. The first kappa shape index (κ1) is 20.9. The molecule has 160 valence electrons. The molecule has 30 heavy (non-hydrogen) atoms. The number of fused-ring (bicyclic) bond motifs is 1. The van der Waals surface area contributed by atoms with Gasteiger partial charge in [0.1, 0.15) is 5.75 Å². The maximum atomic E-state index is 13.0. The van der Waals surface area contributed by atoms with Crippen LogP contribution in [-0.2, 0) is 21.2 Å². The van der Waals surface area contributed by atoms with Gasteiger partial charge in [0.25, 0.3) is 0 Å². The number of piperidine rings is 1. The summed E-state index contributed by atoms with van der Waals surface area (Å²) in [4.78, 5) is 15.2. The molecule has 2 aromatic rings. The van der Waals surface area contributed by atoms with E-state index in [-0.39, 0.29) is 29.5 Å². The third kappa shape index (κ3) is 4.38. The molecule has 5 nitrogen and oxygen atoms in total. The molecule has 1 aliphatic heterocycles. The number of amides is 1. The largest absolute Gasteiger partial charge is 0.497 e. The van der Waals surface area contributed by atoms with E-state index < -0.39 is 9.84 Å². The minimum Gasteiger partial charge on any atom is -0.497 e. The highest BCUT2D eigenvalue weighted by Gasteiger charge is 2.43. The van der Waals surface area contributed by atoms with Gasteiger partial charge in [0.15, 0.2) is 9.84 Å². The van der Waals surface area contributed by atoms with E-state index in [0.717, 1.165) is 37.0 Å². The SMILES string of the molecule is COc1ccc(CN2C(=O)CC[C@@H]3[C@@H](CS(=O)(=O)c4ccccc4)CCC[C@@H]32)cc1. The first-order valence-electron chi connectivity index (χ1n) is 10.7. The number of methoxy groups -OCH3 is 1. The lowest BCUT2D eigenvalue weighted by atomic mass is 9.71. The Labute approximate surface area is 179 Å². The van der Waals surface area contributed by atoms with Crippen LogP contribution in [0.3, 0.4) is 0 Å². The normalized spacial score (nSPS) is 24.4. The Balaban J connectivity index is 1.51. The van der Waals surface area contributed by atoms with E-state index in [9.17, 15) is 13.2 Å². The van der Waals surface area contributed by atoms with Crippen LogP contribution in [0.15, 0.2) is 59.5 Å². The summed E-state index contributed by atoms with van der Waals surface area (Å²) in [5, 5.41) is 0. The van der Waals surface area contributed by atoms with E-state index in [1.165, 1.54) is 0 Å². The second-order valence-corrected chi connectivity index (χ2v) is 10.5. The fourth-order valence-corrected chi connectivity index (χ4v) is 6.85. The van der Waals surface area contributed by atoms with Gasteiger partial charge in [0, 0.05) is 19.0 Å². The lowest BCUT2D eigenvalue weighted by molar-refractivity contribution is -0.142. The molecule has 0 spiro atoms. The standard InChI is InChI=1S/C24H29NO4S/c1-29-20-12-10-18(11-13-20)16-25-23-9-5-6-19(22(23)14-15-24(25)26)17-30(27,28)21-7-3-2-4-8-21/h2-4,7-8,10-13,19,22-23H,5-6,9,14-17H2,1H3/t19-,22-,23+/m1/s1. The van der Waals surface area contributed by atoms with Crippen molar-refractivity contribution in [2.45, 2.75) is 49.6 Å². The number of carbonyl (C=O) groups is 1. The van der Waals surface area contributed by atoms with Crippen molar-refractivity contribution in [3.63, 3.8) is 0 Å². The number of likely N-dealkylation sites (tertiary alicyclic amines) is 1. The molecule has 2 fully saturated rings. The fraction of sp³-hybridized carbons (Fsp3) is 0.458. The highest BCUT2D eigenvalue weighted by molar-refractivity contribution is 7.91. The van der Waals surface area contributed by atoms with Gasteiger partial charge in [0.05, 0.1) is 17.8 Å². The third-order valence-corrected chi connectivity index (χ3v) is 8.49. The molecule has 0 aromatic heterocycles. The van der Waals surface area contributed by atoms with Gasteiger partial charge in [-0.3, -0.25) is 4.79 Å². The molecule has 2 aromatic carbocycles. The van der Waals surface area contributed by atoms with Gasteiger partial charge in [-0.1, -0.05) is 36.8 Å². The molecular weight excluding hydrogens is 398 g/mol. The number of ether oxygens (including phenoxy) is 1. The Hall–Kier alpha value is -2.34. The fourth-order valence-electron chi connectivity index (χ4n) is 5.11. The number of benzene rings is 2. The van der Waals surface area contributed by atoms with Crippen LogP contribution in [0, 0.1) is 11.8 Å². The summed E-state index contributed by atoms with van der Waals surface area (Å²) < 4.78 is 31.2. The molecule has 3 atom stereocenters. The van der Waals surface area contributed by atoms with Crippen molar-refractivity contribution >= 4 is 15.7 Å². The number of rotatable bonds is 6. The van der Waals surface area contributed by atoms with Crippen LogP contribution in [0.5, 0.6) is 5.75 Å². The average molecular weight is 428 g/mol. The van der Waals surface area contributed by atoms with Crippen molar-refractivity contribution in [1.29, 1.82) is 0 Å². The van der Waals surface area contributed by atoms with Crippen LogP contribution in [0.25, 0.3) is 0 Å². The summed E-state index contributed by atoms with van der Waals surface area (Å²) in [7, 11) is -1.69. The Morgan fingerprint density at radius 1 is 1.00 bits per heavy atom. The lowest BCUT2D eigenvalue weighted by Crippen LogP contribution is -2.52. The van der Waals surface area contributed by atoms with E-state index in [2.05, 4.69) is 0 Å². The Kier molecular flexibility index (Phi) is 6.14. The second-order valence-electron chi connectivity index (χ2n) is 8.43. The average Bonchev–Trinajstić information content (AvgIpc) is 2.77. The molecule has 1 aliphatic carbocycles. The molecule has 4 rings (SSSR count). The van der Waals surface area contributed by atoms with Crippen LogP contribution in [-0.4, -0.2) is 38.1 Å². The smallest absolute Gasteiger partial charge is 0.223 e. The van der Waals surface area contributed by atoms with E-state index in [4.69, 9.17) is 4.74 Å². The molecule has 0 unspecified atom stereocenters. The lowest BCUT2D eigenvalue weighted by Gasteiger charge is -2.47. The van der Waals surface area contributed by atoms with Crippen LogP contribution in [0.2, 0.25) is 0 Å². The Morgan fingerprint density at radius 2 is 1.73 bits per heavy atom. The van der Waals surface area contributed by atoms with Crippen LogP contribution >= 0.6 is 0 Å². The van der Waals surface area contributed by atoms with Gasteiger partial charge in [-0.15, -0.1) is 0 Å².